The number of Topliss-reactive ketones (excluding diaryl/α,β-unsaturated/α-hetero) is 1. The van der Waals surface area contributed by atoms with Crippen LogP contribution >= 0.6 is 23.2 Å². The summed E-state index contributed by atoms with van der Waals surface area (Å²) in [5.41, 5.74) is 1.18. The predicted octanol–water partition coefficient (Wildman–Crippen LogP) is 5.06. The molecule has 1 aliphatic rings. The normalized spacial score (nSPS) is 14.4. The number of pyridine rings is 1. The number of hydrogen-bond acceptors (Lipinski definition) is 4. The highest BCUT2D eigenvalue weighted by atomic mass is 35.5. The van der Waals surface area contributed by atoms with Gasteiger partial charge in [-0.15, -0.1) is 0 Å². The number of rotatable bonds is 5. The van der Waals surface area contributed by atoms with Gasteiger partial charge in [-0.1, -0.05) is 36.0 Å². The summed E-state index contributed by atoms with van der Waals surface area (Å²) in [7, 11) is 0. The van der Waals surface area contributed by atoms with Crippen molar-refractivity contribution < 1.29 is 14.7 Å². The van der Waals surface area contributed by atoms with Crippen molar-refractivity contribution in [1.82, 2.24) is 9.55 Å². The fourth-order valence-corrected chi connectivity index (χ4v) is 4.37. The molecule has 2 heterocycles. The van der Waals surface area contributed by atoms with E-state index >= 15 is 0 Å². The Morgan fingerprint density at radius 1 is 1.17 bits per heavy atom. The molecule has 0 bridgehead atoms. The van der Waals surface area contributed by atoms with Gasteiger partial charge in [0, 0.05) is 36.0 Å². The number of phenolic OH excluding ortho intramolecular Hbond substituents is 1. The third-order valence-electron chi connectivity index (χ3n) is 5.34. The summed E-state index contributed by atoms with van der Waals surface area (Å²) in [4.78, 5) is 29.4. The lowest BCUT2D eigenvalue weighted by Crippen LogP contribution is -2.23. The number of nitrogens with zero attached hydrogens (tertiary/aromatic N) is 2. The van der Waals surface area contributed by atoms with Crippen LogP contribution in [0.25, 0.3) is 10.9 Å². The van der Waals surface area contributed by atoms with Crippen LogP contribution < -0.4 is 5.32 Å². The van der Waals surface area contributed by atoms with Crippen LogP contribution in [-0.2, 0) is 11.3 Å². The number of aromatic nitrogens is 2. The van der Waals surface area contributed by atoms with E-state index in [0.717, 1.165) is 24.9 Å². The standard InChI is InChI=1S/C21H19Cl2N3O3/c22-16-8-24-9-17(23)19(16)25-21(29)20(28)15-11-26(10-12-3-1-2-4-12)18-6-5-13(27)7-14(15)18/h5-9,11-12,27H,1-4,10H2,(H,24,25,29). The van der Waals surface area contributed by atoms with Crippen molar-refractivity contribution in [2.24, 2.45) is 5.92 Å². The van der Waals surface area contributed by atoms with E-state index in [4.69, 9.17) is 23.2 Å². The first-order valence-electron chi connectivity index (χ1n) is 9.40. The molecule has 8 heteroatoms. The average Bonchev–Trinajstić information content (AvgIpc) is 3.32. The summed E-state index contributed by atoms with van der Waals surface area (Å²) in [5, 5.41) is 13.2. The maximum atomic E-state index is 12.9. The lowest BCUT2D eigenvalue weighted by Gasteiger charge is -2.11. The van der Waals surface area contributed by atoms with Crippen molar-refractivity contribution >= 4 is 51.5 Å². The Bertz CT molecular complexity index is 1080. The Balaban J connectivity index is 1.67. The lowest BCUT2D eigenvalue weighted by molar-refractivity contribution is -0.112. The minimum absolute atomic E-state index is 0.0331. The molecular weight excluding hydrogens is 413 g/mol. The van der Waals surface area contributed by atoms with E-state index in [1.165, 1.54) is 31.3 Å². The van der Waals surface area contributed by atoms with E-state index in [1.54, 1.807) is 18.3 Å². The Morgan fingerprint density at radius 3 is 2.55 bits per heavy atom. The lowest BCUT2D eigenvalue weighted by atomic mass is 10.1. The van der Waals surface area contributed by atoms with Crippen LogP contribution in [0.3, 0.4) is 0 Å². The maximum Gasteiger partial charge on any atom is 0.296 e. The largest absolute Gasteiger partial charge is 0.508 e. The molecule has 29 heavy (non-hydrogen) atoms. The highest BCUT2D eigenvalue weighted by molar-refractivity contribution is 6.50. The third-order valence-corrected chi connectivity index (χ3v) is 5.91. The minimum Gasteiger partial charge on any atom is -0.508 e. The van der Waals surface area contributed by atoms with Gasteiger partial charge in [-0.05, 0) is 37.0 Å². The molecule has 1 aromatic carbocycles. The molecule has 0 saturated heterocycles. The minimum atomic E-state index is -0.858. The van der Waals surface area contributed by atoms with Gasteiger partial charge in [-0.2, -0.15) is 0 Å². The van der Waals surface area contributed by atoms with Crippen molar-refractivity contribution in [1.29, 1.82) is 0 Å². The van der Waals surface area contributed by atoms with Gasteiger partial charge in [0.2, 0.25) is 0 Å². The number of ketones is 1. The smallest absolute Gasteiger partial charge is 0.296 e. The number of nitrogens with one attached hydrogen (secondary N) is 1. The number of amides is 1. The number of fused-ring (bicyclic) bond motifs is 1. The van der Waals surface area contributed by atoms with Crippen LogP contribution in [0.5, 0.6) is 5.75 Å². The zero-order valence-electron chi connectivity index (χ0n) is 15.5. The molecule has 0 unspecified atom stereocenters. The Hall–Kier alpha value is -2.57. The van der Waals surface area contributed by atoms with E-state index in [-0.39, 0.29) is 27.0 Å². The van der Waals surface area contributed by atoms with Crippen LogP contribution in [0.4, 0.5) is 5.69 Å². The second kappa shape index (κ2) is 8.05. The molecule has 2 aromatic heterocycles. The molecule has 1 aliphatic carbocycles. The number of anilines is 1. The molecule has 0 spiro atoms. The number of benzene rings is 1. The molecule has 4 rings (SSSR count). The van der Waals surface area contributed by atoms with Gasteiger partial charge in [0.1, 0.15) is 5.75 Å². The maximum absolute atomic E-state index is 12.9. The van der Waals surface area contributed by atoms with Gasteiger partial charge < -0.3 is 15.0 Å². The molecule has 3 aromatic rings. The van der Waals surface area contributed by atoms with Crippen LogP contribution in [0.1, 0.15) is 36.0 Å². The summed E-state index contributed by atoms with van der Waals surface area (Å²) in [6, 6.07) is 4.86. The summed E-state index contributed by atoms with van der Waals surface area (Å²) in [6.07, 6.45) is 9.10. The first kappa shape index (κ1) is 19.7. The van der Waals surface area contributed by atoms with Crippen molar-refractivity contribution in [3.05, 3.63) is 52.4 Å². The van der Waals surface area contributed by atoms with Crippen molar-refractivity contribution in [2.75, 3.05) is 5.32 Å². The summed E-state index contributed by atoms with van der Waals surface area (Å²) >= 11 is 12.1. The first-order valence-corrected chi connectivity index (χ1v) is 10.2. The van der Waals surface area contributed by atoms with E-state index in [0.29, 0.717) is 11.3 Å². The Kier molecular flexibility index (Phi) is 5.48. The molecule has 150 valence electrons. The summed E-state index contributed by atoms with van der Waals surface area (Å²) in [5.74, 6) is -1.01. The van der Waals surface area contributed by atoms with E-state index < -0.39 is 11.7 Å². The molecule has 2 N–H and O–H groups in total. The van der Waals surface area contributed by atoms with E-state index in [9.17, 15) is 14.7 Å². The zero-order chi connectivity index (χ0) is 20.5. The molecule has 0 aliphatic heterocycles. The SMILES string of the molecule is O=C(Nc1c(Cl)cncc1Cl)C(=O)c1cn(CC2CCCC2)c2ccc(O)cc12. The predicted molar refractivity (Wildman–Crippen MR) is 113 cm³/mol. The van der Waals surface area contributed by atoms with Crippen LogP contribution in [0.15, 0.2) is 36.8 Å². The fourth-order valence-electron chi connectivity index (χ4n) is 3.91. The molecule has 0 atom stereocenters. The molecular formula is C21H19Cl2N3O3. The van der Waals surface area contributed by atoms with Crippen LogP contribution in [0, 0.1) is 5.92 Å². The summed E-state index contributed by atoms with van der Waals surface area (Å²) < 4.78 is 2.00. The number of hydrogen-bond donors (Lipinski definition) is 2. The average molecular weight is 432 g/mol. The monoisotopic (exact) mass is 431 g/mol. The number of carbonyl (C=O) groups is 2. The van der Waals surface area contributed by atoms with E-state index in [1.807, 2.05) is 4.57 Å². The topological polar surface area (TPSA) is 84.2 Å². The number of phenols is 1. The number of aromatic hydroxyl groups is 1. The van der Waals surface area contributed by atoms with Gasteiger partial charge in [0.15, 0.2) is 0 Å². The second-order valence-corrected chi connectivity index (χ2v) is 8.12. The third kappa shape index (κ3) is 3.95. The highest BCUT2D eigenvalue weighted by Crippen LogP contribution is 2.32. The van der Waals surface area contributed by atoms with Gasteiger partial charge in [0.25, 0.3) is 11.7 Å². The van der Waals surface area contributed by atoms with Gasteiger partial charge in [-0.3, -0.25) is 14.6 Å². The van der Waals surface area contributed by atoms with Crippen molar-refractivity contribution in [2.45, 2.75) is 32.2 Å². The molecule has 0 radical (unpaired) electrons. The fraction of sp³-hybridized carbons (Fsp3) is 0.286. The van der Waals surface area contributed by atoms with Gasteiger partial charge in [-0.25, -0.2) is 0 Å². The van der Waals surface area contributed by atoms with Crippen LogP contribution in [0.2, 0.25) is 10.0 Å². The molecule has 6 nitrogen and oxygen atoms in total. The van der Waals surface area contributed by atoms with Gasteiger partial charge >= 0.3 is 0 Å². The molecule has 1 saturated carbocycles. The Labute approximate surface area is 177 Å². The molecule has 1 fully saturated rings. The van der Waals surface area contributed by atoms with Crippen molar-refractivity contribution in [3.63, 3.8) is 0 Å². The zero-order valence-corrected chi connectivity index (χ0v) is 17.0. The van der Waals surface area contributed by atoms with Gasteiger partial charge in [0.05, 0.1) is 21.3 Å². The summed E-state index contributed by atoms with van der Waals surface area (Å²) in [6.45, 7) is 0.776. The van der Waals surface area contributed by atoms with Crippen LogP contribution in [-0.4, -0.2) is 26.3 Å². The van der Waals surface area contributed by atoms with Crippen molar-refractivity contribution in [3.8, 4) is 5.75 Å². The Morgan fingerprint density at radius 2 is 1.86 bits per heavy atom. The van der Waals surface area contributed by atoms with E-state index in [2.05, 4.69) is 10.3 Å². The quantitative estimate of drug-likeness (QED) is 0.436. The number of carbonyl (C=O) groups excluding carboxylic acids is 2. The second-order valence-electron chi connectivity index (χ2n) is 7.31. The highest BCUT2D eigenvalue weighted by Gasteiger charge is 2.25. The molecule has 1 amide bonds. The first-order chi connectivity index (χ1) is 13.9. The number of halogens is 2.